The minimum Gasteiger partial charge on any atom is -0.493 e. The summed E-state index contributed by atoms with van der Waals surface area (Å²) in [6, 6.07) is 7.19. The van der Waals surface area contributed by atoms with Gasteiger partial charge in [0.15, 0.2) is 0 Å². The van der Waals surface area contributed by atoms with Crippen molar-refractivity contribution in [2.75, 3.05) is 6.61 Å². The Kier molecular flexibility index (Phi) is 13.6. The monoisotopic (exact) mass is 361 g/mol. The number of amides is 1. The van der Waals surface area contributed by atoms with Crippen LogP contribution in [0.4, 0.5) is 0 Å². The number of ether oxygens (including phenoxy) is 1. The zero-order chi connectivity index (χ0) is 18.9. The first kappa shape index (κ1) is 22.5. The fourth-order valence-corrected chi connectivity index (χ4v) is 3.27. The lowest BCUT2D eigenvalue weighted by molar-refractivity contribution is 0.0996. The maximum atomic E-state index is 11.3. The van der Waals surface area contributed by atoms with E-state index in [-0.39, 0.29) is 0 Å². The van der Waals surface area contributed by atoms with Crippen LogP contribution in [0.15, 0.2) is 24.3 Å². The predicted molar refractivity (Wildman–Crippen MR) is 111 cm³/mol. The van der Waals surface area contributed by atoms with Gasteiger partial charge in [-0.3, -0.25) is 4.79 Å². The standard InChI is InChI=1S/C23H39NO2/c1-2-3-4-5-6-7-8-9-10-11-12-13-14-17-20-26-22-19-16-15-18-21(22)23(24)25/h15-16,18-19H,2-14,17,20H2,1H3,(H2,24,25). The van der Waals surface area contributed by atoms with Crippen LogP contribution in [0.5, 0.6) is 5.75 Å². The minimum absolute atomic E-state index is 0.429. The van der Waals surface area contributed by atoms with E-state index in [9.17, 15) is 4.79 Å². The van der Waals surface area contributed by atoms with E-state index in [2.05, 4.69) is 6.92 Å². The van der Waals surface area contributed by atoms with Crippen LogP contribution in [0, 0.1) is 0 Å². The highest BCUT2D eigenvalue weighted by atomic mass is 16.5. The van der Waals surface area contributed by atoms with E-state index in [1.54, 1.807) is 12.1 Å². The highest BCUT2D eigenvalue weighted by Crippen LogP contribution is 2.18. The van der Waals surface area contributed by atoms with Crippen molar-refractivity contribution in [2.45, 2.75) is 96.8 Å². The van der Waals surface area contributed by atoms with E-state index >= 15 is 0 Å². The molecule has 1 amide bonds. The molecule has 0 heterocycles. The molecule has 2 N–H and O–H groups in total. The summed E-state index contributed by atoms with van der Waals surface area (Å²) in [5, 5.41) is 0. The first-order valence-electron chi connectivity index (χ1n) is 10.8. The first-order chi connectivity index (χ1) is 12.8. The van der Waals surface area contributed by atoms with Gasteiger partial charge in [-0.15, -0.1) is 0 Å². The second kappa shape index (κ2) is 15.7. The van der Waals surface area contributed by atoms with Crippen LogP contribution in [0.25, 0.3) is 0 Å². The van der Waals surface area contributed by atoms with E-state index in [0.717, 1.165) is 6.42 Å². The maximum Gasteiger partial charge on any atom is 0.252 e. The van der Waals surface area contributed by atoms with Gasteiger partial charge in [0.05, 0.1) is 12.2 Å². The average Bonchev–Trinajstić information content (AvgIpc) is 2.65. The van der Waals surface area contributed by atoms with Crippen molar-refractivity contribution in [1.29, 1.82) is 0 Å². The summed E-state index contributed by atoms with van der Waals surface area (Å²) in [5.74, 6) is 0.177. The highest BCUT2D eigenvalue weighted by molar-refractivity contribution is 5.95. The molecule has 0 aliphatic rings. The van der Waals surface area contributed by atoms with Crippen molar-refractivity contribution in [3.63, 3.8) is 0 Å². The number of nitrogens with two attached hydrogens (primary N) is 1. The molecule has 1 aromatic carbocycles. The highest BCUT2D eigenvalue weighted by Gasteiger charge is 2.07. The molecule has 1 aromatic rings. The van der Waals surface area contributed by atoms with Crippen molar-refractivity contribution in [3.8, 4) is 5.75 Å². The largest absolute Gasteiger partial charge is 0.493 e. The Morgan fingerprint density at radius 2 is 1.23 bits per heavy atom. The molecule has 0 atom stereocenters. The molecule has 0 aliphatic heterocycles. The predicted octanol–water partition coefficient (Wildman–Crippen LogP) is 6.65. The Hall–Kier alpha value is -1.51. The van der Waals surface area contributed by atoms with Gasteiger partial charge in [0, 0.05) is 0 Å². The smallest absolute Gasteiger partial charge is 0.252 e. The maximum absolute atomic E-state index is 11.3. The second-order valence-corrected chi connectivity index (χ2v) is 7.31. The summed E-state index contributed by atoms with van der Waals surface area (Å²) < 4.78 is 5.70. The van der Waals surface area contributed by atoms with Gasteiger partial charge < -0.3 is 10.5 Å². The third-order valence-corrected chi connectivity index (χ3v) is 4.91. The van der Waals surface area contributed by atoms with Gasteiger partial charge in [0.25, 0.3) is 5.91 Å². The number of hydrogen-bond donors (Lipinski definition) is 1. The quantitative estimate of drug-likeness (QED) is 0.316. The van der Waals surface area contributed by atoms with Gasteiger partial charge >= 0.3 is 0 Å². The van der Waals surface area contributed by atoms with Gasteiger partial charge in [0.2, 0.25) is 0 Å². The molecule has 148 valence electrons. The van der Waals surface area contributed by atoms with Crippen molar-refractivity contribution >= 4 is 5.91 Å². The number of carbonyl (C=O) groups is 1. The molecular weight excluding hydrogens is 322 g/mol. The van der Waals surface area contributed by atoms with Crippen LogP contribution in [0.3, 0.4) is 0 Å². The normalized spacial score (nSPS) is 10.8. The molecular formula is C23H39NO2. The molecule has 0 bridgehead atoms. The van der Waals surface area contributed by atoms with Gasteiger partial charge in [-0.2, -0.15) is 0 Å². The summed E-state index contributed by atoms with van der Waals surface area (Å²) in [5.41, 5.74) is 5.82. The number of primary amides is 1. The Morgan fingerprint density at radius 3 is 1.73 bits per heavy atom. The molecule has 0 saturated heterocycles. The summed E-state index contributed by atoms with van der Waals surface area (Å²) >= 11 is 0. The first-order valence-corrected chi connectivity index (χ1v) is 10.8. The van der Waals surface area contributed by atoms with E-state index in [0.29, 0.717) is 17.9 Å². The van der Waals surface area contributed by atoms with E-state index in [1.165, 1.54) is 83.5 Å². The van der Waals surface area contributed by atoms with E-state index in [1.807, 2.05) is 12.1 Å². The zero-order valence-corrected chi connectivity index (χ0v) is 16.8. The SMILES string of the molecule is CCCCCCCCCCCCCCCCOc1ccccc1C(N)=O. The zero-order valence-electron chi connectivity index (χ0n) is 16.8. The lowest BCUT2D eigenvalue weighted by atomic mass is 10.0. The number of benzene rings is 1. The third-order valence-electron chi connectivity index (χ3n) is 4.91. The van der Waals surface area contributed by atoms with Gasteiger partial charge in [-0.25, -0.2) is 0 Å². The Balaban J connectivity index is 1.88. The number of carbonyl (C=O) groups excluding carboxylic acids is 1. The molecule has 0 saturated carbocycles. The van der Waals surface area contributed by atoms with Crippen LogP contribution in [-0.2, 0) is 0 Å². The van der Waals surface area contributed by atoms with Crippen LogP contribution >= 0.6 is 0 Å². The topological polar surface area (TPSA) is 52.3 Å². The molecule has 0 aliphatic carbocycles. The van der Waals surface area contributed by atoms with E-state index < -0.39 is 5.91 Å². The van der Waals surface area contributed by atoms with Crippen molar-refractivity contribution in [1.82, 2.24) is 0 Å². The third kappa shape index (κ3) is 11.2. The molecule has 0 radical (unpaired) electrons. The van der Waals surface area contributed by atoms with Crippen LogP contribution < -0.4 is 10.5 Å². The van der Waals surface area contributed by atoms with Gasteiger partial charge in [-0.1, -0.05) is 103 Å². The van der Waals surface area contributed by atoms with E-state index in [4.69, 9.17) is 10.5 Å². The fraction of sp³-hybridized carbons (Fsp3) is 0.696. The molecule has 1 rings (SSSR count). The number of para-hydroxylation sites is 1. The van der Waals surface area contributed by atoms with Crippen LogP contribution in [-0.4, -0.2) is 12.5 Å². The minimum atomic E-state index is -0.429. The van der Waals surface area contributed by atoms with Crippen LogP contribution in [0.1, 0.15) is 107 Å². The Morgan fingerprint density at radius 1 is 0.769 bits per heavy atom. The Labute approximate surface area is 160 Å². The number of hydrogen-bond acceptors (Lipinski definition) is 2. The van der Waals surface area contributed by atoms with Crippen LogP contribution in [0.2, 0.25) is 0 Å². The molecule has 0 fully saturated rings. The average molecular weight is 362 g/mol. The van der Waals surface area contributed by atoms with Crippen molar-refractivity contribution < 1.29 is 9.53 Å². The van der Waals surface area contributed by atoms with Crippen molar-refractivity contribution in [3.05, 3.63) is 29.8 Å². The molecule has 3 heteroatoms. The molecule has 3 nitrogen and oxygen atoms in total. The fourth-order valence-electron chi connectivity index (χ4n) is 3.27. The lowest BCUT2D eigenvalue weighted by Gasteiger charge is -2.09. The second-order valence-electron chi connectivity index (χ2n) is 7.31. The molecule has 0 spiro atoms. The van der Waals surface area contributed by atoms with Crippen molar-refractivity contribution in [2.24, 2.45) is 5.73 Å². The number of rotatable bonds is 17. The number of unbranched alkanes of at least 4 members (excludes halogenated alkanes) is 13. The van der Waals surface area contributed by atoms with Gasteiger partial charge in [-0.05, 0) is 18.6 Å². The molecule has 0 aromatic heterocycles. The molecule has 0 unspecified atom stereocenters. The summed E-state index contributed by atoms with van der Waals surface area (Å²) in [6.45, 7) is 2.93. The summed E-state index contributed by atoms with van der Waals surface area (Å²) in [7, 11) is 0. The summed E-state index contributed by atoms with van der Waals surface area (Å²) in [4.78, 5) is 11.3. The Bertz CT molecular complexity index is 473. The summed E-state index contributed by atoms with van der Waals surface area (Å²) in [6.07, 6.45) is 18.8. The van der Waals surface area contributed by atoms with Gasteiger partial charge in [0.1, 0.15) is 5.75 Å². The lowest BCUT2D eigenvalue weighted by Crippen LogP contribution is -2.13. The molecule has 26 heavy (non-hydrogen) atoms.